The Morgan fingerprint density at radius 2 is 1.72 bits per heavy atom. The minimum absolute atomic E-state index is 0.0737. The van der Waals surface area contributed by atoms with E-state index in [1.54, 1.807) is 14.2 Å². The normalized spacial score (nSPS) is 14.9. The summed E-state index contributed by atoms with van der Waals surface area (Å²) in [7, 11) is 3.29. The summed E-state index contributed by atoms with van der Waals surface area (Å²) in [6.07, 6.45) is 0. The zero-order chi connectivity index (χ0) is 20.4. The van der Waals surface area contributed by atoms with E-state index >= 15 is 0 Å². The molecule has 1 aliphatic rings. The SMILES string of the molecule is COc1ccc(CN2CCN(C(=O)c3cc4cc(C)ccc4[nH]3)CC2)cc1OC. The van der Waals surface area contributed by atoms with Crippen molar-refractivity contribution in [3.05, 3.63) is 59.3 Å². The molecule has 1 fully saturated rings. The summed E-state index contributed by atoms with van der Waals surface area (Å²) in [6.45, 7) is 6.03. The molecule has 0 bridgehead atoms. The van der Waals surface area contributed by atoms with Crippen molar-refractivity contribution in [1.82, 2.24) is 14.8 Å². The van der Waals surface area contributed by atoms with Crippen LogP contribution in [0.1, 0.15) is 21.6 Å². The zero-order valence-corrected chi connectivity index (χ0v) is 17.2. The van der Waals surface area contributed by atoms with Gasteiger partial charge in [0.25, 0.3) is 5.91 Å². The lowest BCUT2D eigenvalue weighted by molar-refractivity contribution is 0.0623. The Kier molecular flexibility index (Phi) is 5.45. The molecule has 0 aliphatic carbocycles. The fourth-order valence-electron chi connectivity index (χ4n) is 3.88. The lowest BCUT2D eigenvalue weighted by Crippen LogP contribution is -2.48. The van der Waals surface area contributed by atoms with Crippen LogP contribution in [0.25, 0.3) is 10.9 Å². The predicted molar refractivity (Wildman–Crippen MR) is 114 cm³/mol. The predicted octanol–water partition coefficient (Wildman–Crippen LogP) is 3.45. The van der Waals surface area contributed by atoms with Crippen molar-refractivity contribution in [2.45, 2.75) is 13.5 Å². The molecule has 4 rings (SSSR count). The van der Waals surface area contributed by atoms with Crippen LogP contribution in [0, 0.1) is 6.92 Å². The second kappa shape index (κ2) is 8.17. The number of piperazine rings is 1. The minimum Gasteiger partial charge on any atom is -0.493 e. The molecule has 152 valence electrons. The van der Waals surface area contributed by atoms with E-state index in [2.05, 4.69) is 35.0 Å². The molecular formula is C23H27N3O3. The lowest BCUT2D eigenvalue weighted by Gasteiger charge is -2.34. The van der Waals surface area contributed by atoms with Crippen LogP contribution in [-0.2, 0) is 6.54 Å². The maximum atomic E-state index is 12.9. The fraction of sp³-hybridized carbons (Fsp3) is 0.348. The highest BCUT2D eigenvalue weighted by Crippen LogP contribution is 2.28. The van der Waals surface area contributed by atoms with Gasteiger partial charge in [0, 0.05) is 43.6 Å². The zero-order valence-electron chi connectivity index (χ0n) is 17.2. The van der Waals surface area contributed by atoms with Gasteiger partial charge in [0.15, 0.2) is 11.5 Å². The highest BCUT2D eigenvalue weighted by Gasteiger charge is 2.23. The van der Waals surface area contributed by atoms with E-state index < -0.39 is 0 Å². The summed E-state index contributed by atoms with van der Waals surface area (Å²) in [6, 6.07) is 14.2. The summed E-state index contributed by atoms with van der Waals surface area (Å²) in [5, 5.41) is 1.08. The van der Waals surface area contributed by atoms with E-state index in [9.17, 15) is 4.79 Å². The molecule has 0 unspecified atom stereocenters. The Bertz CT molecular complexity index is 1020. The van der Waals surface area contributed by atoms with Crippen molar-refractivity contribution >= 4 is 16.8 Å². The third-order valence-corrected chi connectivity index (χ3v) is 5.52. The Morgan fingerprint density at radius 1 is 0.966 bits per heavy atom. The number of aryl methyl sites for hydroxylation is 1. The van der Waals surface area contributed by atoms with Crippen LogP contribution >= 0.6 is 0 Å². The third kappa shape index (κ3) is 4.07. The van der Waals surface area contributed by atoms with Gasteiger partial charge in [-0.15, -0.1) is 0 Å². The van der Waals surface area contributed by atoms with E-state index in [0.717, 1.165) is 55.1 Å². The molecular weight excluding hydrogens is 366 g/mol. The van der Waals surface area contributed by atoms with E-state index in [0.29, 0.717) is 5.69 Å². The van der Waals surface area contributed by atoms with Gasteiger partial charge in [0.2, 0.25) is 0 Å². The number of fused-ring (bicyclic) bond motifs is 1. The highest BCUT2D eigenvalue weighted by atomic mass is 16.5. The van der Waals surface area contributed by atoms with Gasteiger partial charge in [-0.2, -0.15) is 0 Å². The van der Waals surface area contributed by atoms with Crippen molar-refractivity contribution in [3.63, 3.8) is 0 Å². The second-order valence-corrected chi connectivity index (χ2v) is 7.53. The molecule has 3 aromatic rings. The molecule has 1 amide bonds. The molecule has 1 aromatic heterocycles. The first-order valence-corrected chi connectivity index (χ1v) is 9.89. The monoisotopic (exact) mass is 393 g/mol. The highest BCUT2D eigenvalue weighted by molar-refractivity contribution is 5.98. The van der Waals surface area contributed by atoms with E-state index in [1.807, 2.05) is 29.2 Å². The fourth-order valence-corrected chi connectivity index (χ4v) is 3.88. The van der Waals surface area contributed by atoms with Crippen LogP contribution in [0.5, 0.6) is 11.5 Å². The number of aromatic nitrogens is 1. The van der Waals surface area contributed by atoms with Crippen LogP contribution in [-0.4, -0.2) is 61.1 Å². The molecule has 1 N–H and O–H groups in total. The van der Waals surface area contributed by atoms with E-state index in [4.69, 9.17) is 9.47 Å². The van der Waals surface area contributed by atoms with Crippen molar-refractivity contribution in [2.24, 2.45) is 0 Å². The summed E-state index contributed by atoms with van der Waals surface area (Å²) in [5.41, 5.74) is 4.04. The van der Waals surface area contributed by atoms with Crippen molar-refractivity contribution in [3.8, 4) is 11.5 Å². The molecule has 0 spiro atoms. The van der Waals surface area contributed by atoms with Crippen molar-refractivity contribution in [1.29, 1.82) is 0 Å². The Balaban J connectivity index is 1.38. The molecule has 2 aromatic carbocycles. The van der Waals surface area contributed by atoms with E-state index in [1.165, 1.54) is 11.1 Å². The Labute approximate surface area is 171 Å². The summed E-state index contributed by atoms with van der Waals surface area (Å²) < 4.78 is 10.7. The van der Waals surface area contributed by atoms with Gasteiger partial charge in [0.1, 0.15) is 5.69 Å². The number of methoxy groups -OCH3 is 2. The van der Waals surface area contributed by atoms with Gasteiger partial charge >= 0.3 is 0 Å². The standard InChI is InChI=1S/C23H27N3O3/c1-16-4-6-19-18(12-16)14-20(24-19)23(27)26-10-8-25(9-11-26)15-17-5-7-21(28-2)22(13-17)29-3/h4-7,12-14,24H,8-11,15H2,1-3H3. The van der Waals surface area contributed by atoms with Crippen LogP contribution < -0.4 is 9.47 Å². The summed E-state index contributed by atoms with van der Waals surface area (Å²) >= 11 is 0. The Morgan fingerprint density at radius 3 is 2.45 bits per heavy atom. The number of carbonyl (C=O) groups excluding carboxylic acids is 1. The number of hydrogen-bond donors (Lipinski definition) is 1. The number of ether oxygens (including phenoxy) is 2. The van der Waals surface area contributed by atoms with Gasteiger partial charge in [-0.05, 0) is 42.8 Å². The number of amides is 1. The first kappa shape index (κ1) is 19.3. The lowest BCUT2D eigenvalue weighted by atomic mass is 10.1. The van der Waals surface area contributed by atoms with Crippen LogP contribution in [0.2, 0.25) is 0 Å². The van der Waals surface area contributed by atoms with Gasteiger partial charge in [-0.25, -0.2) is 0 Å². The first-order valence-electron chi connectivity index (χ1n) is 9.89. The molecule has 0 saturated carbocycles. The Hall–Kier alpha value is -2.99. The number of aromatic amines is 1. The number of nitrogens with one attached hydrogen (secondary N) is 1. The van der Waals surface area contributed by atoms with Crippen LogP contribution in [0.4, 0.5) is 0 Å². The maximum Gasteiger partial charge on any atom is 0.270 e. The van der Waals surface area contributed by atoms with Crippen LogP contribution in [0.15, 0.2) is 42.5 Å². The number of H-pyrrole nitrogens is 1. The van der Waals surface area contributed by atoms with Crippen LogP contribution in [0.3, 0.4) is 0 Å². The average molecular weight is 393 g/mol. The third-order valence-electron chi connectivity index (χ3n) is 5.52. The molecule has 6 heteroatoms. The van der Waals surface area contributed by atoms with Gasteiger partial charge in [-0.3, -0.25) is 9.69 Å². The van der Waals surface area contributed by atoms with Gasteiger partial charge < -0.3 is 19.4 Å². The van der Waals surface area contributed by atoms with Gasteiger partial charge in [-0.1, -0.05) is 17.7 Å². The molecule has 2 heterocycles. The maximum absolute atomic E-state index is 12.9. The summed E-state index contributed by atoms with van der Waals surface area (Å²) in [5.74, 6) is 1.55. The average Bonchev–Trinajstić information content (AvgIpc) is 3.17. The molecule has 6 nitrogen and oxygen atoms in total. The van der Waals surface area contributed by atoms with Crippen molar-refractivity contribution in [2.75, 3.05) is 40.4 Å². The smallest absolute Gasteiger partial charge is 0.270 e. The quantitative estimate of drug-likeness (QED) is 0.721. The molecule has 0 radical (unpaired) electrons. The largest absolute Gasteiger partial charge is 0.493 e. The molecule has 1 aliphatic heterocycles. The topological polar surface area (TPSA) is 57.8 Å². The second-order valence-electron chi connectivity index (χ2n) is 7.53. The van der Waals surface area contributed by atoms with E-state index in [-0.39, 0.29) is 5.91 Å². The number of benzene rings is 2. The number of hydrogen-bond acceptors (Lipinski definition) is 4. The number of rotatable bonds is 5. The first-order chi connectivity index (χ1) is 14.1. The van der Waals surface area contributed by atoms with Crippen molar-refractivity contribution < 1.29 is 14.3 Å². The minimum atomic E-state index is 0.0737. The molecule has 29 heavy (non-hydrogen) atoms. The number of nitrogens with zero attached hydrogens (tertiary/aromatic N) is 2. The molecule has 0 atom stereocenters. The summed E-state index contributed by atoms with van der Waals surface area (Å²) in [4.78, 5) is 20.5. The molecule has 1 saturated heterocycles. The van der Waals surface area contributed by atoms with Gasteiger partial charge in [0.05, 0.1) is 14.2 Å². The number of carbonyl (C=O) groups is 1.